The molecular formula is C35H46N2O4. The molecule has 6 nitrogen and oxygen atoms in total. The van der Waals surface area contributed by atoms with E-state index in [4.69, 9.17) is 9.47 Å². The predicted octanol–water partition coefficient (Wildman–Crippen LogP) is 6.18. The average molecular weight is 559 g/mol. The van der Waals surface area contributed by atoms with Crippen molar-refractivity contribution >= 4 is 6.09 Å². The van der Waals surface area contributed by atoms with Crippen molar-refractivity contribution < 1.29 is 19.4 Å². The Morgan fingerprint density at radius 1 is 1.00 bits per heavy atom. The first-order valence-corrected chi connectivity index (χ1v) is 15.9. The van der Waals surface area contributed by atoms with E-state index < -0.39 is 16.6 Å². The predicted molar refractivity (Wildman–Crippen MR) is 159 cm³/mol. The molecule has 0 radical (unpaired) electrons. The van der Waals surface area contributed by atoms with Crippen LogP contribution in [-0.2, 0) is 23.2 Å². The van der Waals surface area contributed by atoms with Crippen LogP contribution in [0.25, 0.3) is 0 Å². The number of hydrogen-bond acceptors (Lipinski definition) is 5. The van der Waals surface area contributed by atoms with E-state index in [2.05, 4.69) is 41.3 Å². The summed E-state index contributed by atoms with van der Waals surface area (Å²) in [6.07, 6.45) is 7.88. The molecule has 2 saturated carbocycles. The molecular weight excluding hydrogens is 512 g/mol. The number of aliphatic hydroxyl groups is 1. The summed E-state index contributed by atoms with van der Waals surface area (Å²) >= 11 is 0. The van der Waals surface area contributed by atoms with Crippen molar-refractivity contribution in [3.63, 3.8) is 0 Å². The fourth-order valence-electron chi connectivity index (χ4n) is 8.02. The molecule has 4 fully saturated rings. The summed E-state index contributed by atoms with van der Waals surface area (Å²) < 4.78 is 12.4. The topological polar surface area (TPSA) is 62.2 Å². The lowest BCUT2D eigenvalue weighted by atomic mass is 9.52. The van der Waals surface area contributed by atoms with E-state index in [-0.39, 0.29) is 12.1 Å². The molecule has 2 aromatic carbocycles. The summed E-state index contributed by atoms with van der Waals surface area (Å²) in [5.41, 5.74) is 3.31. The lowest BCUT2D eigenvalue weighted by Gasteiger charge is -2.61. The Morgan fingerprint density at radius 2 is 1.73 bits per heavy atom. The molecule has 1 N–H and O–H groups in total. The minimum atomic E-state index is -0.901. The van der Waals surface area contributed by atoms with Crippen LogP contribution in [0.4, 0.5) is 4.79 Å². The number of benzene rings is 2. The molecule has 7 rings (SSSR count). The van der Waals surface area contributed by atoms with Gasteiger partial charge in [-0.2, -0.15) is 0 Å². The molecule has 2 aromatic rings. The summed E-state index contributed by atoms with van der Waals surface area (Å²) in [5, 5.41) is 13.0. The van der Waals surface area contributed by atoms with Gasteiger partial charge in [0, 0.05) is 31.1 Å². The second-order valence-corrected chi connectivity index (χ2v) is 14.5. The third kappa shape index (κ3) is 5.05. The summed E-state index contributed by atoms with van der Waals surface area (Å²) in [5.74, 6) is 2.33. The molecule has 3 aliphatic carbocycles. The number of fused-ring (bicyclic) bond motifs is 1. The molecule has 0 aromatic heterocycles. The van der Waals surface area contributed by atoms with Gasteiger partial charge in [-0.25, -0.2) is 4.79 Å². The van der Waals surface area contributed by atoms with Crippen molar-refractivity contribution in [3.05, 3.63) is 64.7 Å². The number of amides is 1. The van der Waals surface area contributed by atoms with Crippen LogP contribution in [0.15, 0.2) is 42.5 Å². The first kappa shape index (κ1) is 27.3. The Labute approximate surface area is 245 Å². The molecule has 6 heteroatoms. The fraction of sp³-hybridized carbons (Fsp3) is 0.629. The zero-order valence-electron chi connectivity index (χ0n) is 25.0. The normalized spacial score (nSPS) is 29.8. The van der Waals surface area contributed by atoms with Gasteiger partial charge in [-0.05, 0) is 119 Å². The Balaban J connectivity index is 1.27. The van der Waals surface area contributed by atoms with Crippen molar-refractivity contribution in [1.29, 1.82) is 0 Å². The molecule has 1 amide bonds. The van der Waals surface area contributed by atoms with E-state index in [9.17, 15) is 9.90 Å². The van der Waals surface area contributed by atoms with E-state index in [0.717, 1.165) is 49.6 Å². The first-order valence-electron chi connectivity index (χ1n) is 15.9. The third-order valence-electron chi connectivity index (χ3n) is 10.5. The number of nitrogens with zero attached hydrogens (tertiary/aromatic N) is 2. The second kappa shape index (κ2) is 10.0. The van der Waals surface area contributed by atoms with Gasteiger partial charge in [0.1, 0.15) is 18.0 Å². The van der Waals surface area contributed by atoms with Crippen LogP contribution >= 0.6 is 0 Å². The maximum atomic E-state index is 13.2. The molecule has 0 unspecified atom stereocenters. The molecule has 0 spiro atoms. The monoisotopic (exact) mass is 558 g/mol. The van der Waals surface area contributed by atoms with Crippen LogP contribution in [0.2, 0.25) is 0 Å². The number of rotatable bonds is 6. The highest BCUT2D eigenvalue weighted by molar-refractivity contribution is 5.68. The number of hydrogen-bond donors (Lipinski definition) is 1. The molecule has 2 aliphatic heterocycles. The van der Waals surface area contributed by atoms with Crippen molar-refractivity contribution in [3.8, 4) is 5.75 Å². The van der Waals surface area contributed by atoms with Crippen LogP contribution in [0.1, 0.15) is 93.9 Å². The van der Waals surface area contributed by atoms with E-state index in [1.807, 2.05) is 31.7 Å². The van der Waals surface area contributed by atoms with Gasteiger partial charge in [-0.15, -0.1) is 0 Å². The van der Waals surface area contributed by atoms with Crippen LogP contribution < -0.4 is 4.74 Å². The maximum Gasteiger partial charge on any atom is 0.410 e. The fourth-order valence-corrected chi connectivity index (χ4v) is 8.02. The minimum Gasteiger partial charge on any atom is -0.489 e. The van der Waals surface area contributed by atoms with Crippen LogP contribution in [-0.4, -0.2) is 64.4 Å². The highest BCUT2D eigenvalue weighted by Crippen LogP contribution is 2.58. The largest absolute Gasteiger partial charge is 0.489 e. The summed E-state index contributed by atoms with van der Waals surface area (Å²) in [4.78, 5) is 17.7. The van der Waals surface area contributed by atoms with Gasteiger partial charge in [0.25, 0.3) is 0 Å². The highest BCUT2D eigenvalue weighted by Gasteiger charge is 2.63. The van der Waals surface area contributed by atoms with Crippen LogP contribution in [0.5, 0.6) is 5.75 Å². The van der Waals surface area contributed by atoms with Crippen molar-refractivity contribution in [1.82, 2.24) is 9.80 Å². The van der Waals surface area contributed by atoms with Crippen molar-refractivity contribution in [2.75, 3.05) is 26.2 Å². The smallest absolute Gasteiger partial charge is 0.410 e. The Bertz CT molecular complexity index is 1300. The van der Waals surface area contributed by atoms with E-state index in [1.54, 1.807) is 0 Å². The minimum absolute atomic E-state index is 0.0751. The molecule has 220 valence electrons. The van der Waals surface area contributed by atoms with Gasteiger partial charge in [0.2, 0.25) is 0 Å². The summed E-state index contributed by atoms with van der Waals surface area (Å²) in [7, 11) is 0. The van der Waals surface area contributed by atoms with Crippen molar-refractivity contribution in [2.45, 2.75) is 107 Å². The van der Waals surface area contributed by atoms with Crippen LogP contribution in [0.3, 0.4) is 0 Å². The summed E-state index contributed by atoms with van der Waals surface area (Å²) in [6.45, 7) is 9.50. The van der Waals surface area contributed by atoms with Gasteiger partial charge < -0.3 is 19.5 Å². The molecule has 2 bridgehead atoms. The maximum absolute atomic E-state index is 13.2. The van der Waals surface area contributed by atoms with Gasteiger partial charge in [-0.1, -0.05) is 36.4 Å². The number of ether oxygens (including phenoxy) is 2. The third-order valence-corrected chi connectivity index (χ3v) is 10.5. The number of carbonyl (C=O) groups excluding carboxylic acids is 1. The lowest BCUT2D eigenvalue weighted by molar-refractivity contribution is -0.149. The zero-order chi connectivity index (χ0) is 28.4. The van der Waals surface area contributed by atoms with Gasteiger partial charge in [0.15, 0.2) is 0 Å². The quantitative estimate of drug-likeness (QED) is 0.459. The molecule has 3 atom stereocenters. The van der Waals surface area contributed by atoms with E-state index in [1.165, 1.54) is 42.4 Å². The molecule has 41 heavy (non-hydrogen) atoms. The average Bonchev–Trinajstić information content (AvgIpc) is 3.84. The Morgan fingerprint density at radius 3 is 2.44 bits per heavy atom. The second-order valence-electron chi connectivity index (χ2n) is 14.5. The number of piperidine rings is 1. The molecule has 2 saturated heterocycles. The first-order chi connectivity index (χ1) is 19.7. The lowest BCUT2D eigenvalue weighted by Crippen LogP contribution is -2.71. The summed E-state index contributed by atoms with van der Waals surface area (Å²) in [6, 6.07) is 15.2. The Hall–Kier alpha value is -2.57. The van der Waals surface area contributed by atoms with Gasteiger partial charge in [-0.3, -0.25) is 4.90 Å². The van der Waals surface area contributed by atoms with E-state index >= 15 is 0 Å². The number of likely N-dealkylation sites (tertiary alicyclic amines) is 2. The van der Waals surface area contributed by atoms with Crippen molar-refractivity contribution in [2.24, 2.45) is 5.92 Å². The van der Waals surface area contributed by atoms with E-state index in [0.29, 0.717) is 32.0 Å². The standard InChI is InChI=1S/C35H46N2O4/c1-33(2,3)41-32(38)36-16-13-34-14-17-37(22-24-9-10-24)31(35(34,39)15-18-36)20-27-19-28(26-11-12-26)30(21-29(27)34)40-23-25-7-5-4-6-8-25/h4-8,19,21,24,26,31,39H,9-18,20,22-23H2,1-3H3/t31-,34+,35-/m1/s1. The highest BCUT2D eigenvalue weighted by atomic mass is 16.6. The zero-order valence-corrected chi connectivity index (χ0v) is 25.0. The molecule has 5 aliphatic rings. The Kier molecular flexibility index (Phi) is 6.66. The SMILES string of the molecule is CC(C)(C)OC(=O)N1CC[C@]23CCN(CC4CC4)[C@H](Cc4cc(C5CC5)c(OCc5ccccc5)cc42)[C@]3(O)CC1. The van der Waals surface area contributed by atoms with Gasteiger partial charge >= 0.3 is 6.09 Å². The number of carbonyl (C=O) groups is 1. The van der Waals surface area contributed by atoms with Gasteiger partial charge in [0.05, 0.1) is 5.60 Å². The van der Waals surface area contributed by atoms with Crippen LogP contribution in [0, 0.1) is 5.92 Å². The molecule has 2 heterocycles.